The van der Waals surface area contributed by atoms with Crippen LogP contribution in [0.4, 0.5) is 0 Å². The number of nitrogens with one attached hydrogen (secondary N) is 1. The number of carbonyl (C=O) groups is 1. The molecule has 0 bridgehead atoms. The number of hydrogen-bond acceptors (Lipinski definition) is 4. The van der Waals surface area contributed by atoms with Crippen LogP contribution in [0.25, 0.3) is 10.8 Å². The minimum Gasteiger partial charge on any atom is -0.337 e. The lowest BCUT2D eigenvalue weighted by molar-refractivity contribution is 0.0706. The van der Waals surface area contributed by atoms with Gasteiger partial charge in [-0.2, -0.15) is 5.10 Å². The average molecular weight is 367 g/mol. The van der Waals surface area contributed by atoms with Crippen molar-refractivity contribution in [3.05, 3.63) is 52.8 Å². The van der Waals surface area contributed by atoms with E-state index in [0.29, 0.717) is 29.5 Å². The summed E-state index contributed by atoms with van der Waals surface area (Å²) in [5.41, 5.74) is 0.540. The van der Waals surface area contributed by atoms with Gasteiger partial charge in [-0.1, -0.05) is 24.3 Å². The van der Waals surface area contributed by atoms with Gasteiger partial charge in [-0.3, -0.25) is 14.9 Å². The molecule has 2 aromatic heterocycles. The molecule has 1 N–H and O–H groups in total. The van der Waals surface area contributed by atoms with E-state index < -0.39 is 0 Å². The molecule has 134 valence electrons. The average Bonchev–Trinajstić information content (AvgIpc) is 3.07. The van der Waals surface area contributed by atoms with E-state index in [1.807, 2.05) is 39.8 Å². The van der Waals surface area contributed by atoms with E-state index in [-0.39, 0.29) is 5.91 Å². The Bertz CT molecular complexity index is 995. The molecule has 3 heterocycles. The molecule has 1 amide bonds. The molecule has 1 fully saturated rings. The van der Waals surface area contributed by atoms with E-state index in [9.17, 15) is 4.79 Å². The molecule has 6 nitrogen and oxygen atoms in total. The van der Waals surface area contributed by atoms with Crippen molar-refractivity contribution < 1.29 is 4.79 Å². The Morgan fingerprint density at radius 3 is 2.81 bits per heavy atom. The van der Waals surface area contributed by atoms with Crippen molar-refractivity contribution in [2.45, 2.75) is 32.2 Å². The molecular weight excluding hydrogens is 346 g/mol. The Hall–Kier alpha value is -2.54. The number of H-pyrrole nitrogens is 1. The maximum Gasteiger partial charge on any atom is 0.273 e. The van der Waals surface area contributed by atoms with Crippen molar-refractivity contribution in [3.63, 3.8) is 0 Å². The fourth-order valence-electron chi connectivity index (χ4n) is 3.73. The molecule has 4 rings (SSSR count). The fourth-order valence-corrected chi connectivity index (χ4v) is 4.00. The Morgan fingerprint density at radius 2 is 2.04 bits per heavy atom. The molecule has 1 saturated heterocycles. The summed E-state index contributed by atoms with van der Waals surface area (Å²) in [6, 6.07) is 9.82. The van der Waals surface area contributed by atoms with Gasteiger partial charge in [0.15, 0.2) is 4.77 Å². The number of fused-ring (bicyclic) bond motifs is 1. The van der Waals surface area contributed by atoms with Crippen LogP contribution in [-0.4, -0.2) is 43.6 Å². The standard InChI is InChI=1S/C19H21N5OS/c1-2-24-17(21-22-19(24)26)14-8-11-23(12-9-14)18(25)16-15-6-4-3-5-13(15)7-10-20-16/h3-7,10,14H,2,8-9,11-12H2,1H3,(H,22,26). The van der Waals surface area contributed by atoms with Crippen LogP contribution in [0.3, 0.4) is 0 Å². The first kappa shape index (κ1) is 16.9. The number of pyridine rings is 1. The molecule has 0 radical (unpaired) electrons. The highest BCUT2D eigenvalue weighted by molar-refractivity contribution is 7.71. The molecule has 1 aromatic carbocycles. The molecule has 1 aliphatic rings. The number of benzene rings is 1. The van der Waals surface area contributed by atoms with E-state index in [1.165, 1.54) is 0 Å². The summed E-state index contributed by atoms with van der Waals surface area (Å²) in [5, 5.41) is 9.25. The van der Waals surface area contributed by atoms with Crippen molar-refractivity contribution in [2.75, 3.05) is 13.1 Å². The molecule has 0 unspecified atom stereocenters. The van der Waals surface area contributed by atoms with Gasteiger partial charge in [0.1, 0.15) is 11.5 Å². The van der Waals surface area contributed by atoms with Crippen molar-refractivity contribution in [3.8, 4) is 0 Å². The first-order chi connectivity index (χ1) is 12.7. The Balaban J connectivity index is 1.52. The van der Waals surface area contributed by atoms with Gasteiger partial charge in [0, 0.05) is 37.1 Å². The monoisotopic (exact) mass is 367 g/mol. The number of likely N-dealkylation sites (tertiary alicyclic amines) is 1. The third kappa shape index (κ3) is 2.92. The minimum atomic E-state index is 0.00889. The van der Waals surface area contributed by atoms with E-state index in [0.717, 1.165) is 36.0 Å². The van der Waals surface area contributed by atoms with Crippen LogP contribution in [0.5, 0.6) is 0 Å². The summed E-state index contributed by atoms with van der Waals surface area (Å²) in [4.78, 5) is 19.3. The lowest BCUT2D eigenvalue weighted by Crippen LogP contribution is -2.38. The van der Waals surface area contributed by atoms with Gasteiger partial charge >= 0.3 is 0 Å². The fraction of sp³-hybridized carbons (Fsp3) is 0.368. The molecule has 0 spiro atoms. The molecule has 3 aromatic rings. The van der Waals surface area contributed by atoms with Gasteiger partial charge in [0.25, 0.3) is 5.91 Å². The second-order valence-corrected chi connectivity index (χ2v) is 6.97. The van der Waals surface area contributed by atoms with Crippen LogP contribution in [0.1, 0.15) is 42.0 Å². The van der Waals surface area contributed by atoms with Crippen LogP contribution in [0.15, 0.2) is 36.5 Å². The van der Waals surface area contributed by atoms with Gasteiger partial charge in [-0.25, -0.2) is 0 Å². The van der Waals surface area contributed by atoms with Gasteiger partial charge in [-0.15, -0.1) is 0 Å². The van der Waals surface area contributed by atoms with Crippen molar-refractivity contribution in [1.29, 1.82) is 0 Å². The summed E-state index contributed by atoms with van der Waals surface area (Å²) >= 11 is 5.29. The largest absolute Gasteiger partial charge is 0.337 e. The number of carbonyl (C=O) groups excluding carboxylic acids is 1. The third-order valence-corrected chi connectivity index (χ3v) is 5.44. The van der Waals surface area contributed by atoms with Crippen LogP contribution in [-0.2, 0) is 6.54 Å². The molecule has 1 aliphatic heterocycles. The molecule has 0 atom stereocenters. The molecule has 7 heteroatoms. The van der Waals surface area contributed by atoms with Crippen LogP contribution < -0.4 is 0 Å². The molecular formula is C19H21N5OS. The highest BCUT2D eigenvalue weighted by Crippen LogP contribution is 2.28. The van der Waals surface area contributed by atoms with Gasteiger partial charge < -0.3 is 9.47 Å². The first-order valence-corrected chi connectivity index (χ1v) is 9.38. The molecule has 26 heavy (non-hydrogen) atoms. The summed E-state index contributed by atoms with van der Waals surface area (Å²) in [5.74, 6) is 1.34. The zero-order valence-corrected chi connectivity index (χ0v) is 15.5. The van der Waals surface area contributed by atoms with Crippen molar-refractivity contribution in [2.24, 2.45) is 0 Å². The predicted molar refractivity (Wildman–Crippen MR) is 103 cm³/mol. The van der Waals surface area contributed by atoms with E-state index in [1.54, 1.807) is 6.20 Å². The summed E-state index contributed by atoms with van der Waals surface area (Å²) < 4.78 is 2.71. The Morgan fingerprint density at radius 1 is 1.27 bits per heavy atom. The van der Waals surface area contributed by atoms with Crippen LogP contribution in [0.2, 0.25) is 0 Å². The molecule has 0 aliphatic carbocycles. The smallest absolute Gasteiger partial charge is 0.273 e. The van der Waals surface area contributed by atoms with Crippen LogP contribution >= 0.6 is 12.2 Å². The Labute approximate surface area is 156 Å². The lowest BCUT2D eigenvalue weighted by atomic mass is 9.95. The summed E-state index contributed by atoms with van der Waals surface area (Å²) in [6.45, 7) is 4.29. The van der Waals surface area contributed by atoms with E-state index in [2.05, 4.69) is 22.1 Å². The zero-order chi connectivity index (χ0) is 18.1. The molecule has 0 saturated carbocycles. The number of rotatable bonds is 3. The SMILES string of the molecule is CCn1c(C2CCN(C(=O)c3nccc4ccccc34)CC2)n[nH]c1=S. The number of amides is 1. The normalized spacial score (nSPS) is 15.5. The number of nitrogens with zero attached hydrogens (tertiary/aromatic N) is 4. The maximum absolute atomic E-state index is 13.0. The second kappa shape index (κ2) is 6.99. The maximum atomic E-state index is 13.0. The second-order valence-electron chi connectivity index (χ2n) is 6.58. The van der Waals surface area contributed by atoms with Gasteiger partial charge in [-0.05, 0) is 43.4 Å². The van der Waals surface area contributed by atoms with Crippen molar-refractivity contribution in [1.82, 2.24) is 24.6 Å². The zero-order valence-electron chi connectivity index (χ0n) is 14.7. The van der Waals surface area contributed by atoms with Crippen LogP contribution in [0, 0.1) is 4.77 Å². The van der Waals surface area contributed by atoms with Crippen molar-refractivity contribution >= 4 is 28.9 Å². The highest BCUT2D eigenvalue weighted by Gasteiger charge is 2.28. The van der Waals surface area contributed by atoms with E-state index in [4.69, 9.17) is 12.2 Å². The van der Waals surface area contributed by atoms with E-state index >= 15 is 0 Å². The number of piperidine rings is 1. The minimum absolute atomic E-state index is 0.00889. The number of hydrogen-bond donors (Lipinski definition) is 1. The first-order valence-electron chi connectivity index (χ1n) is 8.97. The topological polar surface area (TPSA) is 66.8 Å². The summed E-state index contributed by atoms with van der Waals surface area (Å²) in [6.07, 6.45) is 3.48. The third-order valence-electron chi connectivity index (χ3n) is 5.13. The summed E-state index contributed by atoms with van der Waals surface area (Å²) in [7, 11) is 0. The quantitative estimate of drug-likeness (QED) is 0.719. The van der Waals surface area contributed by atoms with Gasteiger partial charge in [0.2, 0.25) is 0 Å². The Kier molecular flexibility index (Phi) is 4.55. The number of aromatic amines is 1. The lowest BCUT2D eigenvalue weighted by Gasteiger charge is -2.31. The highest BCUT2D eigenvalue weighted by atomic mass is 32.1. The van der Waals surface area contributed by atoms with Gasteiger partial charge in [0.05, 0.1) is 0 Å². The predicted octanol–water partition coefficient (Wildman–Crippen LogP) is 3.53. The number of aromatic nitrogens is 4.